The van der Waals surface area contributed by atoms with E-state index in [9.17, 15) is 13.2 Å². The van der Waals surface area contributed by atoms with Crippen LogP contribution in [0.25, 0.3) is 5.69 Å². The number of aryl methyl sites for hydroxylation is 4. The van der Waals surface area contributed by atoms with Gasteiger partial charge in [-0.3, -0.25) is 9.10 Å². The molecule has 0 saturated heterocycles. The van der Waals surface area contributed by atoms with E-state index in [-0.39, 0.29) is 12.5 Å². The molecule has 0 aliphatic heterocycles. The maximum absolute atomic E-state index is 12.7. The van der Waals surface area contributed by atoms with Crippen LogP contribution in [-0.4, -0.2) is 31.4 Å². The van der Waals surface area contributed by atoms with Crippen molar-refractivity contribution in [3.63, 3.8) is 0 Å². The largest absolute Gasteiger partial charge is 0.318 e. The van der Waals surface area contributed by atoms with E-state index in [4.69, 9.17) is 0 Å². The van der Waals surface area contributed by atoms with E-state index >= 15 is 0 Å². The van der Waals surface area contributed by atoms with E-state index < -0.39 is 10.0 Å². The van der Waals surface area contributed by atoms with E-state index in [1.165, 1.54) is 16.1 Å². The smallest absolute Gasteiger partial charge is 0.271 e. The Hall–Kier alpha value is -4.17. The first-order valence-corrected chi connectivity index (χ1v) is 14.5. The molecule has 8 heteroatoms. The highest BCUT2D eigenvalue weighted by molar-refractivity contribution is 7.92. The van der Waals surface area contributed by atoms with Crippen LogP contribution >= 0.6 is 0 Å². The van der Waals surface area contributed by atoms with Gasteiger partial charge in [0.15, 0.2) is 0 Å². The lowest BCUT2D eigenvalue weighted by Crippen LogP contribution is -2.29. The minimum Gasteiger partial charge on any atom is -0.318 e. The highest BCUT2D eigenvalue weighted by Gasteiger charge is 2.19. The molecule has 0 unspecified atom stereocenters. The molecule has 0 atom stereocenters. The Balaban J connectivity index is 1.44. The Morgan fingerprint density at radius 3 is 2.18 bits per heavy atom. The number of hydrogen-bond acceptors (Lipinski definition) is 4. The number of nitrogens with one attached hydrogen (secondary N) is 1. The summed E-state index contributed by atoms with van der Waals surface area (Å²) < 4.78 is 28.6. The lowest BCUT2D eigenvalue weighted by Gasteiger charge is -2.23. The maximum atomic E-state index is 12.7. The van der Waals surface area contributed by atoms with Gasteiger partial charge in [-0.15, -0.1) is 0 Å². The first-order valence-electron chi connectivity index (χ1n) is 12.7. The van der Waals surface area contributed by atoms with Crippen LogP contribution in [-0.2, 0) is 16.6 Å². The topological polar surface area (TPSA) is 83.8 Å². The van der Waals surface area contributed by atoms with E-state index in [1.807, 2.05) is 45.9 Å². The third-order valence-corrected chi connectivity index (χ3v) is 7.99. The van der Waals surface area contributed by atoms with Gasteiger partial charge in [-0.1, -0.05) is 35.9 Å². The second-order valence-corrected chi connectivity index (χ2v) is 11.8. The van der Waals surface area contributed by atoms with Crippen molar-refractivity contribution in [3.8, 4) is 5.69 Å². The second-order valence-electron chi connectivity index (χ2n) is 9.93. The summed E-state index contributed by atoms with van der Waals surface area (Å²) >= 11 is 0. The molecule has 1 aromatic heterocycles. The van der Waals surface area contributed by atoms with Crippen LogP contribution in [0.15, 0.2) is 77.9 Å². The maximum Gasteiger partial charge on any atom is 0.271 e. The molecule has 4 aromatic rings. The van der Waals surface area contributed by atoms with Crippen LogP contribution in [0.1, 0.15) is 49.6 Å². The molecule has 3 aromatic carbocycles. The molecule has 202 valence electrons. The van der Waals surface area contributed by atoms with Crippen molar-refractivity contribution in [1.82, 2.24) is 9.99 Å². The predicted molar refractivity (Wildman–Crippen MR) is 158 cm³/mol. The van der Waals surface area contributed by atoms with Crippen molar-refractivity contribution in [2.75, 3.05) is 10.6 Å². The van der Waals surface area contributed by atoms with Gasteiger partial charge >= 0.3 is 0 Å². The summed E-state index contributed by atoms with van der Waals surface area (Å²) in [6.07, 6.45) is 2.84. The fraction of sp³-hybridized carbons (Fsp3) is 0.226. The van der Waals surface area contributed by atoms with E-state index in [2.05, 4.69) is 46.3 Å². The van der Waals surface area contributed by atoms with Crippen molar-refractivity contribution < 1.29 is 13.2 Å². The van der Waals surface area contributed by atoms with E-state index in [0.29, 0.717) is 11.3 Å². The fourth-order valence-electron chi connectivity index (χ4n) is 4.44. The Morgan fingerprint density at radius 1 is 0.897 bits per heavy atom. The Morgan fingerprint density at radius 2 is 1.56 bits per heavy atom. The summed E-state index contributed by atoms with van der Waals surface area (Å²) in [5.74, 6) is -0.348. The molecule has 0 radical (unpaired) electrons. The fourth-order valence-corrected chi connectivity index (χ4v) is 5.32. The van der Waals surface area contributed by atoms with Gasteiger partial charge < -0.3 is 4.57 Å². The molecular weight excluding hydrogens is 508 g/mol. The molecular formula is C31H34N4O3S. The van der Waals surface area contributed by atoms with Crippen molar-refractivity contribution in [1.29, 1.82) is 0 Å². The predicted octanol–water partition coefficient (Wildman–Crippen LogP) is 5.75. The summed E-state index contributed by atoms with van der Waals surface area (Å²) in [6, 6.07) is 22.8. The van der Waals surface area contributed by atoms with Crippen molar-refractivity contribution in [3.05, 3.63) is 118 Å². The number of benzene rings is 3. The molecule has 0 saturated carbocycles. The Bertz CT molecular complexity index is 1630. The summed E-state index contributed by atoms with van der Waals surface area (Å²) in [5.41, 5.74) is 11.8. The summed E-state index contributed by atoms with van der Waals surface area (Å²) in [5, 5.41) is 4.17. The number of carbonyl (C=O) groups is 1. The molecule has 0 aliphatic rings. The molecule has 7 nitrogen and oxygen atoms in total. The first-order chi connectivity index (χ1) is 18.4. The number of amides is 1. The number of carbonyl (C=O) groups excluding carboxylic acids is 1. The number of aromatic nitrogens is 1. The van der Waals surface area contributed by atoms with Gasteiger partial charge in [0, 0.05) is 28.2 Å². The number of nitrogens with zero attached hydrogens (tertiary/aromatic N) is 3. The van der Waals surface area contributed by atoms with Gasteiger partial charge in [-0.25, -0.2) is 13.8 Å². The van der Waals surface area contributed by atoms with Crippen molar-refractivity contribution in [2.24, 2.45) is 5.10 Å². The number of sulfonamides is 1. The van der Waals surface area contributed by atoms with Crippen molar-refractivity contribution in [2.45, 2.75) is 41.2 Å². The normalized spacial score (nSPS) is 11.6. The molecule has 1 heterocycles. The van der Waals surface area contributed by atoms with Crippen LogP contribution in [0.3, 0.4) is 0 Å². The zero-order chi connectivity index (χ0) is 28.3. The third-order valence-electron chi connectivity index (χ3n) is 6.85. The average molecular weight is 543 g/mol. The lowest BCUT2D eigenvalue weighted by atomic mass is 10.1. The van der Waals surface area contributed by atoms with Gasteiger partial charge in [0.1, 0.15) is 0 Å². The third kappa shape index (κ3) is 6.46. The zero-order valence-corrected chi connectivity index (χ0v) is 24.0. The first kappa shape index (κ1) is 27.9. The number of hydrazone groups is 1. The zero-order valence-electron chi connectivity index (χ0n) is 23.2. The van der Waals surface area contributed by atoms with Gasteiger partial charge in [0.2, 0.25) is 10.0 Å². The standard InChI is InChI=1S/C31H34N4O3S/c1-21-7-14-29(15-8-21)35-24(4)18-28(25(35)5)19-32-33-31(36)27-12-10-26(11-13-27)20-34(39(6,37)38)30-16-9-22(2)23(3)17-30/h7-19H,20H2,1-6H3,(H,33,36)/b32-19+. The quantitative estimate of drug-likeness (QED) is 0.227. The van der Waals surface area contributed by atoms with Crippen LogP contribution in [0, 0.1) is 34.6 Å². The van der Waals surface area contributed by atoms with Crippen LogP contribution < -0.4 is 9.73 Å². The highest BCUT2D eigenvalue weighted by atomic mass is 32.2. The summed E-state index contributed by atoms with van der Waals surface area (Å²) in [7, 11) is -3.50. The molecule has 1 amide bonds. The Labute approximate surface area is 230 Å². The van der Waals surface area contributed by atoms with Gasteiger partial charge in [0.05, 0.1) is 24.7 Å². The SMILES string of the molecule is Cc1ccc(-n2c(C)cc(/C=N/NC(=O)c3ccc(CN(c4ccc(C)c(C)c4)S(C)(=O)=O)cc3)c2C)cc1. The van der Waals surface area contributed by atoms with Gasteiger partial charge in [-0.2, -0.15) is 5.10 Å². The lowest BCUT2D eigenvalue weighted by molar-refractivity contribution is 0.0955. The van der Waals surface area contributed by atoms with E-state index in [1.54, 1.807) is 36.5 Å². The minimum atomic E-state index is -3.50. The van der Waals surface area contributed by atoms with E-state index in [0.717, 1.165) is 39.3 Å². The second kappa shape index (κ2) is 11.3. The minimum absolute atomic E-state index is 0.165. The molecule has 0 fully saturated rings. The molecule has 4 rings (SSSR count). The molecule has 39 heavy (non-hydrogen) atoms. The molecule has 1 N–H and O–H groups in total. The average Bonchev–Trinajstić information content (AvgIpc) is 3.17. The van der Waals surface area contributed by atoms with Gasteiger partial charge in [0.25, 0.3) is 5.91 Å². The highest BCUT2D eigenvalue weighted by Crippen LogP contribution is 2.24. The van der Waals surface area contributed by atoms with Crippen LogP contribution in [0.4, 0.5) is 5.69 Å². The molecule has 0 aliphatic carbocycles. The summed E-state index contributed by atoms with van der Waals surface area (Å²) in [6.45, 7) is 10.2. The Kier molecular flexibility index (Phi) is 8.06. The van der Waals surface area contributed by atoms with Crippen molar-refractivity contribution >= 4 is 27.8 Å². The van der Waals surface area contributed by atoms with Gasteiger partial charge in [-0.05, 0) is 93.8 Å². The molecule has 0 spiro atoms. The number of rotatable bonds is 8. The van der Waals surface area contributed by atoms with Crippen LogP contribution in [0.2, 0.25) is 0 Å². The molecule has 0 bridgehead atoms. The monoisotopic (exact) mass is 542 g/mol. The van der Waals surface area contributed by atoms with Crippen LogP contribution in [0.5, 0.6) is 0 Å². The summed E-state index contributed by atoms with van der Waals surface area (Å²) in [4.78, 5) is 12.7. The number of hydrogen-bond donors (Lipinski definition) is 1. The number of anilines is 1.